The lowest BCUT2D eigenvalue weighted by molar-refractivity contribution is 0.191. The van der Waals surface area contributed by atoms with Gasteiger partial charge in [0, 0.05) is 33.2 Å². The number of anilines is 1. The summed E-state index contributed by atoms with van der Waals surface area (Å²) in [6.07, 6.45) is 3.42. The number of benzene rings is 1. The molecule has 5 rings (SSSR count). The Morgan fingerprint density at radius 2 is 1.86 bits per heavy atom. The van der Waals surface area contributed by atoms with E-state index in [-0.39, 0.29) is 11.6 Å². The van der Waals surface area contributed by atoms with E-state index >= 15 is 0 Å². The highest BCUT2D eigenvalue weighted by atomic mass is 16.1. The molecule has 1 atom stereocenters. The highest BCUT2D eigenvalue weighted by molar-refractivity contribution is 5.86. The Kier molecular flexibility index (Phi) is 4.24. The predicted octanol–water partition coefficient (Wildman–Crippen LogP) is 1.48. The van der Waals surface area contributed by atoms with Crippen molar-refractivity contribution >= 4 is 27.8 Å². The van der Waals surface area contributed by atoms with Gasteiger partial charge in [0.15, 0.2) is 5.65 Å². The van der Waals surface area contributed by atoms with Gasteiger partial charge in [-0.25, -0.2) is 15.0 Å². The van der Waals surface area contributed by atoms with Gasteiger partial charge in [0.05, 0.1) is 28.5 Å². The molecule has 0 aliphatic carbocycles. The molecule has 1 saturated heterocycles. The van der Waals surface area contributed by atoms with Crippen molar-refractivity contribution in [1.29, 1.82) is 0 Å². The molecule has 0 spiro atoms. The highest BCUT2D eigenvalue weighted by Crippen LogP contribution is 2.25. The minimum Gasteiger partial charge on any atom is -0.353 e. The smallest absolute Gasteiger partial charge is 0.258 e. The van der Waals surface area contributed by atoms with Gasteiger partial charge in [-0.2, -0.15) is 5.10 Å². The van der Waals surface area contributed by atoms with Gasteiger partial charge in [0.25, 0.3) is 5.56 Å². The van der Waals surface area contributed by atoms with Crippen LogP contribution in [0.5, 0.6) is 0 Å². The van der Waals surface area contributed by atoms with E-state index in [9.17, 15) is 4.79 Å². The van der Waals surface area contributed by atoms with Crippen LogP contribution in [0, 0.1) is 0 Å². The summed E-state index contributed by atoms with van der Waals surface area (Å²) in [6, 6.07) is 7.47. The molecular weight excluding hydrogens is 368 g/mol. The Bertz CT molecular complexity index is 1240. The summed E-state index contributed by atoms with van der Waals surface area (Å²) in [5.41, 5.74) is 1.48. The lowest BCUT2D eigenvalue weighted by Crippen LogP contribution is -2.48. The van der Waals surface area contributed by atoms with Crippen molar-refractivity contribution in [2.75, 3.05) is 31.1 Å². The van der Waals surface area contributed by atoms with Gasteiger partial charge in [0.1, 0.15) is 18.0 Å². The Morgan fingerprint density at radius 3 is 2.69 bits per heavy atom. The summed E-state index contributed by atoms with van der Waals surface area (Å²) in [5, 5.41) is 5.89. The summed E-state index contributed by atoms with van der Waals surface area (Å²) in [6.45, 7) is 5.46. The maximum absolute atomic E-state index is 12.4. The fourth-order valence-electron chi connectivity index (χ4n) is 4.00. The van der Waals surface area contributed by atoms with Crippen LogP contribution in [0.4, 0.5) is 5.82 Å². The number of H-pyrrole nitrogens is 1. The minimum atomic E-state index is -0.0870. The summed E-state index contributed by atoms with van der Waals surface area (Å²) in [7, 11) is 1.88. The third kappa shape index (κ3) is 3.03. The normalized spacial score (nSPS) is 16.6. The molecule has 29 heavy (non-hydrogen) atoms. The minimum absolute atomic E-state index is 0.0262. The quantitative estimate of drug-likeness (QED) is 0.566. The molecule has 1 fully saturated rings. The van der Waals surface area contributed by atoms with Crippen LogP contribution in [0.1, 0.15) is 18.8 Å². The van der Waals surface area contributed by atoms with Crippen molar-refractivity contribution in [3.8, 4) is 0 Å². The Morgan fingerprint density at radius 1 is 1.07 bits per heavy atom. The molecule has 1 aliphatic rings. The van der Waals surface area contributed by atoms with Gasteiger partial charge in [-0.1, -0.05) is 12.1 Å². The topological polar surface area (TPSA) is 95.8 Å². The molecule has 1 aromatic carbocycles. The number of hydrogen-bond acceptors (Lipinski definition) is 7. The van der Waals surface area contributed by atoms with Gasteiger partial charge in [-0.3, -0.25) is 14.4 Å². The van der Waals surface area contributed by atoms with Crippen molar-refractivity contribution < 1.29 is 0 Å². The van der Waals surface area contributed by atoms with Crippen LogP contribution >= 0.6 is 0 Å². The zero-order valence-corrected chi connectivity index (χ0v) is 16.4. The molecule has 0 saturated carbocycles. The van der Waals surface area contributed by atoms with E-state index in [1.165, 1.54) is 0 Å². The second-order valence-corrected chi connectivity index (χ2v) is 7.37. The molecule has 4 aromatic rings. The molecular formula is C20H22N8O. The van der Waals surface area contributed by atoms with E-state index in [2.05, 4.69) is 41.8 Å². The number of rotatable bonds is 3. The maximum Gasteiger partial charge on any atom is 0.258 e. The van der Waals surface area contributed by atoms with Crippen molar-refractivity contribution in [3.05, 3.63) is 53.0 Å². The van der Waals surface area contributed by atoms with Crippen molar-refractivity contribution in [1.82, 2.24) is 34.6 Å². The molecule has 1 unspecified atom stereocenters. The third-order valence-corrected chi connectivity index (χ3v) is 5.70. The zero-order valence-electron chi connectivity index (χ0n) is 16.4. The lowest BCUT2D eigenvalue weighted by Gasteiger charge is -2.38. The number of fused-ring (bicyclic) bond motifs is 2. The molecule has 0 amide bonds. The summed E-state index contributed by atoms with van der Waals surface area (Å²) >= 11 is 0. The third-order valence-electron chi connectivity index (χ3n) is 5.70. The fraction of sp³-hybridized carbons (Fsp3) is 0.350. The largest absolute Gasteiger partial charge is 0.353 e. The Hall–Kier alpha value is -3.33. The second kappa shape index (κ2) is 6.93. The Labute approximate surface area is 167 Å². The van der Waals surface area contributed by atoms with Crippen LogP contribution in [0.25, 0.3) is 21.9 Å². The summed E-state index contributed by atoms with van der Waals surface area (Å²) in [4.78, 5) is 33.5. The van der Waals surface area contributed by atoms with Gasteiger partial charge >= 0.3 is 0 Å². The average Bonchev–Trinajstić information content (AvgIpc) is 3.14. The van der Waals surface area contributed by atoms with Gasteiger partial charge in [-0.15, -0.1) is 0 Å². The van der Waals surface area contributed by atoms with Crippen LogP contribution in [-0.2, 0) is 7.05 Å². The van der Waals surface area contributed by atoms with Gasteiger partial charge in [0.2, 0.25) is 0 Å². The Balaban J connectivity index is 1.36. The molecule has 0 bridgehead atoms. The number of aryl methyl sites for hydroxylation is 1. The van der Waals surface area contributed by atoms with Crippen molar-refractivity contribution in [2.45, 2.75) is 13.0 Å². The van der Waals surface area contributed by atoms with E-state index in [1.54, 1.807) is 17.1 Å². The number of para-hydroxylation sites is 1. The number of aromatic amines is 1. The SMILES string of the molecule is CC(c1nc2ccccc2c(=O)[nH]1)N1CCN(c2ncnc3c2cnn3C)CC1. The average molecular weight is 390 g/mol. The van der Waals surface area contributed by atoms with Gasteiger partial charge < -0.3 is 9.88 Å². The van der Waals surface area contributed by atoms with Crippen LogP contribution in [0.3, 0.4) is 0 Å². The van der Waals surface area contributed by atoms with Crippen LogP contribution in [0.15, 0.2) is 41.6 Å². The summed E-state index contributed by atoms with van der Waals surface area (Å²) < 4.78 is 1.76. The van der Waals surface area contributed by atoms with E-state index in [1.807, 2.05) is 31.4 Å². The highest BCUT2D eigenvalue weighted by Gasteiger charge is 2.25. The first kappa shape index (κ1) is 17.7. The maximum atomic E-state index is 12.4. The molecule has 1 aliphatic heterocycles. The van der Waals surface area contributed by atoms with E-state index in [4.69, 9.17) is 0 Å². The van der Waals surface area contributed by atoms with E-state index in [0.717, 1.165) is 48.5 Å². The molecule has 9 heteroatoms. The van der Waals surface area contributed by atoms with Crippen LogP contribution in [-0.4, -0.2) is 60.8 Å². The van der Waals surface area contributed by atoms with Crippen LogP contribution in [0.2, 0.25) is 0 Å². The number of piperazine rings is 1. The number of aromatic nitrogens is 6. The number of nitrogens with one attached hydrogen (secondary N) is 1. The number of hydrogen-bond donors (Lipinski definition) is 1. The van der Waals surface area contributed by atoms with Crippen molar-refractivity contribution in [2.24, 2.45) is 7.05 Å². The fourth-order valence-corrected chi connectivity index (χ4v) is 4.00. The first-order valence-corrected chi connectivity index (χ1v) is 9.72. The van der Waals surface area contributed by atoms with E-state index < -0.39 is 0 Å². The molecule has 1 N–H and O–H groups in total. The second-order valence-electron chi connectivity index (χ2n) is 7.37. The summed E-state index contributed by atoms with van der Waals surface area (Å²) in [5.74, 6) is 1.63. The molecule has 4 heterocycles. The first-order chi connectivity index (χ1) is 14.1. The monoisotopic (exact) mass is 390 g/mol. The van der Waals surface area contributed by atoms with E-state index in [0.29, 0.717) is 11.2 Å². The molecule has 0 radical (unpaired) electrons. The molecule has 3 aromatic heterocycles. The van der Waals surface area contributed by atoms with Gasteiger partial charge in [-0.05, 0) is 19.1 Å². The van der Waals surface area contributed by atoms with Crippen LogP contribution < -0.4 is 10.5 Å². The first-order valence-electron chi connectivity index (χ1n) is 9.72. The molecule has 9 nitrogen and oxygen atoms in total. The predicted molar refractivity (Wildman–Crippen MR) is 111 cm³/mol. The standard InChI is InChI=1S/C20H22N8O/c1-13(17-24-16-6-4-3-5-14(16)20(29)25-17)27-7-9-28(10-8-27)19-15-11-23-26(2)18(15)21-12-22-19/h3-6,11-13H,7-10H2,1-2H3,(H,24,25,29). The lowest BCUT2D eigenvalue weighted by atomic mass is 10.2. The number of nitrogens with zero attached hydrogens (tertiary/aromatic N) is 7. The zero-order chi connectivity index (χ0) is 20.0. The van der Waals surface area contributed by atoms with Crippen molar-refractivity contribution in [3.63, 3.8) is 0 Å². The molecule has 148 valence electrons.